The van der Waals surface area contributed by atoms with Gasteiger partial charge in [0.15, 0.2) is 0 Å². The zero-order chi connectivity index (χ0) is 35.3. The van der Waals surface area contributed by atoms with E-state index in [1.807, 2.05) is 0 Å². The zero-order valence-corrected chi connectivity index (χ0v) is 29.7. The van der Waals surface area contributed by atoms with Crippen molar-refractivity contribution in [1.29, 1.82) is 0 Å². The quantitative estimate of drug-likeness (QED) is 0.176. The van der Waals surface area contributed by atoms with Crippen LogP contribution in [0.1, 0.15) is 25.0 Å². The summed E-state index contributed by atoms with van der Waals surface area (Å²) in [4.78, 5) is 0. The fraction of sp³-hybridized carbons (Fsp3) is 0.0588. The maximum atomic E-state index is 2.44. The second kappa shape index (κ2) is 11.2. The molecule has 8 aromatic carbocycles. The van der Waals surface area contributed by atoms with Gasteiger partial charge in [0.1, 0.15) is 0 Å². The molecule has 11 rings (SSSR count). The molecule has 0 atom stereocenters. The molecule has 0 aliphatic heterocycles. The van der Waals surface area contributed by atoms with E-state index in [-0.39, 0.29) is 5.41 Å². The first-order chi connectivity index (χ1) is 26.1. The summed E-state index contributed by atoms with van der Waals surface area (Å²) < 4.78 is 4.88. The molecule has 0 unspecified atom stereocenters. The normalized spacial score (nSPS) is 13.2. The van der Waals surface area contributed by atoms with Crippen molar-refractivity contribution in [2.75, 3.05) is 0 Å². The van der Waals surface area contributed by atoms with E-state index in [2.05, 4.69) is 205 Å². The lowest BCUT2D eigenvalue weighted by molar-refractivity contribution is 0.660. The van der Waals surface area contributed by atoms with Crippen LogP contribution in [0.2, 0.25) is 0 Å². The van der Waals surface area contributed by atoms with E-state index >= 15 is 0 Å². The van der Waals surface area contributed by atoms with Gasteiger partial charge >= 0.3 is 0 Å². The van der Waals surface area contributed by atoms with Gasteiger partial charge in [-0.15, -0.1) is 0 Å². The summed E-state index contributed by atoms with van der Waals surface area (Å²) in [6.45, 7) is 4.70. The molecule has 250 valence electrons. The predicted octanol–water partition coefficient (Wildman–Crippen LogP) is 13.5. The van der Waals surface area contributed by atoms with Crippen LogP contribution in [-0.4, -0.2) is 9.13 Å². The Bertz CT molecular complexity index is 3060. The van der Waals surface area contributed by atoms with E-state index in [1.165, 1.54) is 88.1 Å². The molecule has 0 fully saturated rings. The number of aromatic nitrogens is 2. The highest BCUT2D eigenvalue weighted by molar-refractivity contribution is 6.28. The van der Waals surface area contributed by atoms with E-state index in [1.54, 1.807) is 0 Å². The molecule has 2 heteroatoms. The number of nitrogens with zero attached hydrogens (tertiary/aromatic N) is 2. The van der Waals surface area contributed by atoms with Crippen LogP contribution in [0.15, 0.2) is 182 Å². The standard InChI is InChI=1S/C51H36N2/c1-51(2)43-20-9-6-17-39(43)40-28-25-36(32-44(40)51)34-23-26-37(27-24-34)52-45-21-10-7-18-41(45)49-47(52)29-30-48-50(49)42-19-8-11-22-46(42)53(48)38-16-12-15-35(31-38)33-13-4-3-5-14-33/h3-32H,1-2H3. The van der Waals surface area contributed by atoms with Crippen molar-refractivity contribution in [1.82, 2.24) is 9.13 Å². The van der Waals surface area contributed by atoms with Crippen molar-refractivity contribution in [2.24, 2.45) is 0 Å². The Kier molecular flexibility index (Phi) is 6.33. The largest absolute Gasteiger partial charge is 0.309 e. The first kappa shape index (κ1) is 30.0. The van der Waals surface area contributed by atoms with Gasteiger partial charge in [-0.05, 0) is 99.1 Å². The second-order valence-electron chi connectivity index (χ2n) is 15.0. The number of benzene rings is 8. The van der Waals surface area contributed by atoms with E-state index < -0.39 is 0 Å². The maximum absolute atomic E-state index is 2.44. The fourth-order valence-corrected chi connectivity index (χ4v) is 9.22. The maximum Gasteiger partial charge on any atom is 0.0548 e. The molecule has 53 heavy (non-hydrogen) atoms. The minimum absolute atomic E-state index is 0.0238. The van der Waals surface area contributed by atoms with Crippen LogP contribution in [0.25, 0.3) is 88.4 Å². The summed E-state index contributed by atoms with van der Waals surface area (Å²) in [5.74, 6) is 0. The molecule has 0 N–H and O–H groups in total. The van der Waals surface area contributed by atoms with Crippen molar-refractivity contribution >= 4 is 43.6 Å². The van der Waals surface area contributed by atoms with Crippen LogP contribution in [0.5, 0.6) is 0 Å². The van der Waals surface area contributed by atoms with Gasteiger partial charge < -0.3 is 9.13 Å². The van der Waals surface area contributed by atoms with Crippen molar-refractivity contribution < 1.29 is 0 Å². The number of hydrogen-bond acceptors (Lipinski definition) is 0. The molecule has 0 bridgehead atoms. The summed E-state index contributed by atoms with van der Waals surface area (Å²) in [5, 5.41) is 5.10. The predicted molar refractivity (Wildman–Crippen MR) is 224 cm³/mol. The fourth-order valence-electron chi connectivity index (χ4n) is 9.22. The number of hydrogen-bond donors (Lipinski definition) is 0. The average molecular weight is 677 g/mol. The molecular weight excluding hydrogens is 641 g/mol. The molecule has 1 aliphatic rings. The Labute approximate surface area is 308 Å². The van der Waals surface area contributed by atoms with Crippen LogP contribution in [0, 0.1) is 0 Å². The minimum Gasteiger partial charge on any atom is -0.309 e. The highest BCUT2D eigenvalue weighted by Crippen LogP contribution is 2.49. The molecule has 2 aromatic heterocycles. The summed E-state index contributed by atoms with van der Waals surface area (Å²) in [6, 6.07) is 67.0. The molecule has 2 heterocycles. The zero-order valence-electron chi connectivity index (χ0n) is 29.7. The number of rotatable bonds is 4. The van der Waals surface area contributed by atoms with E-state index in [0.717, 1.165) is 11.4 Å². The third-order valence-electron chi connectivity index (χ3n) is 11.7. The van der Waals surface area contributed by atoms with E-state index in [9.17, 15) is 0 Å². The number of fused-ring (bicyclic) bond motifs is 10. The van der Waals surface area contributed by atoms with Gasteiger partial charge in [-0.1, -0.05) is 141 Å². The monoisotopic (exact) mass is 676 g/mol. The van der Waals surface area contributed by atoms with Gasteiger partial charge in [0, 0.05) is 38.3 Å². The topological polar surface area (TPSA) is 9.86 Å². The molecule has 2 nitrogen and oxygen atoms in total. The first-order valence-electron chi connectivity index (χ1n) is 18.5. The third-order valence-corrected chi connectivity index (χ3v) is 11.7. The smallest absolute Gasteiger partial charge is 0.0548 e. The van der Waals surface area contributed by atoms with Crippen molar-refractivity contribution in [3.05, 3.63) is 193 Å². The van der Waals surface area contributed by atoms with Crippen LogP contribution in [-0.2, 0) is 5.41 Å². The molecule has 0 saturated heterocycles. The molecule has 0 saturated carbocycles. The van der Waals surface area contributed by atoms with Crippen LogP contribution < -0.4 is 0 Å². The Balaban J connectivity index is 1.08. The Morgan fingerprint density at radius 3 is 1.58 bits per heavy atom. The van der Waals surface area contributed by atoms with Crippen LogP contribution >= 0.6 is 0 Å². The molecular formula is C51H36N2. The van der Waals surface area contributed by atoms with Gasteiger partial charge in [-0.25, -0.2) is 0 Å². The lowest BCUT2D eigenvalue weighted by Gasteiger charge is -2.22. The SMILES string of the molecule is CC1(C)c2ccccc2-c2ccc(-c3ccc(-n4c5ccccc5c5c6c7ccccc7n(-c7cccc(-c8ccccc8)c7)c6ccc54)cc3)cc21. The Hall–Kier alpha value is -6.64. The lowest BCUT2D eigenvalue weighted by atomic mass is 9.81. The van der Waals surface area contributed by atoms with Crippen molar-refractivity contribution in [2.45, 2.75) is 19.3 Å². The third kappa shape index (κ3) is 4.33. The number of para-hydroxylation sites is 2. The summed E-state index contributed by atoms with van der Waals surface area (Å²) >= 11 is 0. The molecule has 1 aliphatic carbocycles. The molecule has 0 radical (unpaired) electrons. The van der Waals surface area contributed by atoms with Crippen molar-refractivity contribution in [3.63, 3.8) is 0 Å². The van der Waals surface area contributed by atoms with Gasteiger partial charge in [-0.3, -0.25) is 0 Å². The second-order valence-corrected chi connectivity index (χ2v) is 15.0. The van der Waals surface area contributed by atoms with E-state index in [0.29, 0.717) is 0 Å². The Morgan fingerprint density at radius 1 is 0.340 bits per heavy atom. The molecule has 0 spiro atoms. The highest BCUT2D eigenvalue weighted by Gasteiger charge is 2.35. The van der Waals surface area contributed by atoms with Crippen LogP contribution in [0.4, 0.5) is 0 Å². The molecule has 10 aromatic rings. The van der Waals surface area contributed by atoms with Crippen molar-refractivity contribution in [3.8, 4) is 44.8 Å². The van der Waals surface area contributed by atoms with E-state index in [4.69, 9.17) is 0 Å². The van der Waals surface area contributed by atoms with Gasteiger partial charge in [-0.2, -0.15) is 0 Å². The summed E-state index contributed by atoms with van der Waals surface area (Å²) in [5.41, 5.74) is 17.6. The summed E-state index contributed by atoms with van der Waals surface area (Å²) in [7, 11) is 0. The minimum atomic E-state index is -0.0238. The average Bonchev–Trinajstić information content (AvgIpc) is 3.81. The van der Waals surface area contributed by atoms with Gasteiger partial charge in [0.25, 0.3) is 0 Å². The van der Waals surface area contributed by atoms with Gasteiger partial charge in [0.05, 0.1) is 22.1 Å². The highest BCUT2D eigenvalue weighted by atomic mass is 15.0. The van der Waals surface area contributed by atoms with Crippen LogP contribution in [0.3, 0.4) is 0 Å². The summed E-state index contributed by atoms with van der Waals surface area (Å²) in [6.07, 6.45) is 0. The molecule has 0 amide bonds. The first-order valence-corrected chi connectivity index (χ1v) is 18.5. The Morgan fingerprint density at radius 2 is 0.868 bits per heavy atom. The van der Waals surface area contributed by atoms with Gasteiger partial charge in [0.2, 0.25) is 0 Å². The lowest BCUT2D eigenvalue weighted by Crippen LogP contribution is -2.14.